The summed E-state index contributed by atoms with van der Waals surface area (Å²) in [6, 6.07) is -0.627. The fourth-order valence-electron chi connectivity index (χ4n) is 9.60. The molecule has 0 aromatic carbocycles. The van der Waals surface area contributed by atoms with E-state index in [1.807, 2.05) is 6.08 Å². The number of aliphatic hydroxyl groups excluding tert-OH is 2. The molecule has 2 unspecified atom stereocenters. The third-order valence-electron chi connectivity index (χ3n) is 14.4. The standard InChI is InChI=1S/C68H123NO3/c1-3-5-7-9-11-13-15-17-19-21-23-25-27-29-30-31-32-33-34-35-36-37-38-40-42-44-46-48-50-52-54-56-58-60-62-64-68(72)69-66(65-70)67(71)63-61-59-57-55-53-51-49-47-45-43-41-39-28-26-24-22-20-18-16-14-12-10-8-6-4-2/h5,7,11,13,17,19,23,25,29-30,32-33,61,63,66-67,70-71H,3-4,6,8-10,12,14-16,18,20-22,24,26-28,31,34-60,62,64-65H2,1-2H3,(H,69,72)/b7-5-,13-11-,19-17-,25-23-,30-29-,33-32-,63-61+. The van der Waals surface area contributed by atoms with Gasteiger partial charge in [0.25, 0.3) is 0 Å². The van der Waals surface area contributed by atoms with Crippen LogP contribution in [0.2, 0.25) is 0 Å². The Morgan fingerprint density at radius 2 is 0.611 bits per heavy atom. The van der Waals surface area contributed by atoms with Gasteiger partial charge in [-0.2, -0.15) is 0 Å². The highest BCUT2D eigenvalue weighted by Gasteiger charge is 2.18. The minimum absolute atomic E-state index is 0.0619. The Morgan fingerprint density at radius 1 is 0.347 bits per heavy atom. The number of amides is 1. The summed E-state index contributed by atoms with van der Waals surface area (Å²) in [5.41, 5.74) is 0. The van der Waals surface area contributed by atoms with E-state index in [0.717, 1.165) is 64.2 Å². The lowest BCUT2D eigenvalue weighted by Crippen LogP contribution is -2.45. The van der Waals surface area contributed by atoms with Crippen molar-refractivity contribution >= 4 is 5.91 Å². The van der Waals surface area contributed by atoms with Crippen molar-refractivity contribution in [1.29, 1.82) is 0 Å². The number of hydrogen-bond donors (Lipinski definition) is 3. The molecule has 0 saturated carbocycles. The molecule has 1 amide bonds. The molecule has 0 spiro atoms. The second kappa shape index (κ2) is 62.9. The van der Waals surface area contributed by atoms with Gasteiger partial charge < -0.3 is 15.5 Å². The molecule has 4 heteroatoms. The molecular weight excluding hydrogens is 879 g/mol. The van der Waals surface area contributed by atoms with Gasteiger partial charge in [-0.15, -0.1) is 0 Å². The molecule has 2 atom stereocenters. The molecule has 0 rings (SSSR count). The zero-order chi connectivity index (χ0) is 52.0. The minimum Gasteiger partial charge on any atom is -0.394 e. The van der Waals surface area contributed by atoms with Crippen LogP contribution in [-0.2, 0) is 4.79 Å². The van der Waals surface area contributed by atoms with Crippen molar-refractivity contribution < 1.29 is 15.0 Å². The number of allylic oxidation sites excluding steroid dienone is 13. The van der Waals surface area contributed by atoms with E-state index < -0.39 is 12.1 Å². The molecule has 3 N–H and O–H groups in total. The van der Waals surface area contributed by atoms with Crippen molar-refractivity contribution in [3.05, 3.63) is 85.1 Å². The Balaban J connectivity index is 3.49. The van der Waals surface area contributed by atoms with Crippen LogP contribution in [-0.4, -0.2) is 34.9 Å². The van der Waals surface area contributed by atoms with E-state index >= 15 is 0 Å². The second-order valence-corrected chi connectivity index (χ2v) is 21.5. The summed E-state index contributed by atoms with van der Waals surface area (Å²) in [5, 5.41) is 23.3. The van der Waals surface area contributed by atoms with Gasteiger partial charge in [0.2, 0.25) is 5.91 Å². The first kappa shape index (κ1) is 69.6. The van der Waals surface area contributed by atoms with Gasteiger partial charge >= 0.3 is 0 Å². The molecule has 418 valence electrons. The van der Waals surface area contributed by atoms with Gasteiger partial charge in [-0.3, -0.25) is 4.79 Å². The zero-order valence-corrected chi connectivity index (χ0v) is 48.2. The van der Waals surface area contributed by atoms with E-state index in [-0.39, 0.29) is 12.5 Å². The summed E-state index contributed by atoms with van der Waals surface area (Å²) < 4.78 is 0. The summed E-state index contributed by atoms with van der Waals surface area (Å²) in [5.74, 6) is -0.0619. The fraction of sp³-hybridized carbons (Fsp3) is 0.779. The number of nitrogens with one attached hydrogen (secondary N) is 1. The van der Waals surface area contributed by atoms with Crippen molar-refractivity contribution in [2.45, 2.75) is 334 Å². The zero-order valence-electron chi connectivity index (χ0n) is 48.2. The SMILES string of the molecule is CC/C=C\C/C=C\C/C=C\C/C=C\C/C=C\C/C=C\CCCCCCCCCCCCCCCCCCC(=O)NC(CO)C(O)/C=C/CCCCCCCCCCCCCCCCCCCCCCCCC. The lowest BCUT2D eigenvalue weighted by Gasteiger charge is -2.20. The lowest BCUT2D eigenvalue weighted by atomic mass is 10.0. The number of carbonyl (C=O) groups excluding carboxylic acids is 1. The van der Waals surface area contributed by atoms with Gasteiger partial charge in [0.15, 0.2) is 0 Å². The fourth-order valence-corrected chi connectivity index (χ4v) is 9.60. The minimum atomic E-state index is -0.843. The molecule has 0 aromatic rings. The molecule has 0 saturated heterocycles. The van der Waals surface area contributed by atoms with E-state index in [1.165, 1.54) is 238 Å². The Bertz CT molecular complexity index is 1270. The second-order valence-electron chi connectivity index (χ2n) is 21.5. The van der Waals surface area contributed by atoms with Crippen LogP contribution in [0.1, 0.15) is 322 Å². The van der Waals surface area contributed by atoms with Crippen LogP contribution >= 0.6 is 0 Å². The van der Waals surface area contributed by atoms with Crippen LogP contribution in [0.4, 0.5) is 0 Å². The summed E-state index contributed by atoms with van der Waals surface area (Å²) in [6.45, 7) is 4.22. The van der Waals surface area contributed by atoms with E-state index in [2.05, 4.69) is 92.1 Å². The van der Waals surface area contributed by atoms with Crippen molar-refractivity contribution in [3.8, 4) is 0 Å². The Hall–Kier alpha value is -2.43. The van der Waals surface area contributed by atoms with Crippen LogP contribution in [0.3, 0.4) is 0 Å². The van der Waals surface area contributed by atoms with Crippen LogP contribution in [0.5, 0.6) is 0 Å². The largest absolute Gasteiger partial charge is 0.394 e. The van der Waals surface area contributed by atoms with Gasteiger partial charge in [-0.05, 0) is 70.6 Å². The predicted molar refractivity (Wildman–Crippen MR) is 322 cm³/mol. The molecule has 72 heavy (non-hydrogen) atoms. The monoisotopic (exact) mass is 1000 g/mol. The third-order valence-corrected chi connectivity index (χ3v) is 14.4. The number of carbonyl (C=O) groups is 1. The smallest absolute Gasteiger partial charge is 0.220 e. The van der Waals surface area contributed by atoms with Gasteiger partial charge in [0.1, 0.15) is 0 Å². The van der Waals surface area contributed by atoms with Gasteiger partial charge in [0.05, 0.1) is 18.8 Å². The Labute approximate surface area is 450 Å². The van der Waals surface area contributed by atoms with Crippen molar-refractivity contribution in [2.24, 2.45) is 0 Å². The van der Waals surface area contributed by atoms with Crippen LogP contribution in [0.25, 0.3) is 0 Å². The number of rotatable bonds is 58. The topological polar surface area (TPSA) is 69.6 Å². The van der Waals surface area contributed by atoms with Crippen LogP contribution < -0.4 is 5.32 Å². The average Bonchev–Trinajstić information content (AvgIpc) is 3.39. The molecule has 0 radical (unpaired) electrons. The van der Waals surface area contributed by atoms with E-state index in [1.54, 1.807) is 6.08 Å². The first-order valence-electron chi connectivity index (χ1n) is 31.8. The van der Waals surface area contributed by atoms with Gasteiger partial charge in [0, 0.05) is 6.42 Å². The highest BCUT2D eigenvalue weighted by molar-refractivity contribution is 5.76. The molecule has 0 aromatic heterocycles. The van der Waals surface area contributed by atoms with Gasteiger partial charge in [-0.1, -0.05) is 330 Å². The molecule has 0 aliphatic rings. The highest BCUT2D eigenvalue weighted by Crippen LogP contribution is 2.18. The molecule has 0 aliphatic carbocycles. The number of unbranched alkanes of at least 4 members (excludes halogenated alkanes) is 39. The summed E-state index contributed by atoms with van der Waals surface area (Å²) in [7, 11) is 0. The molecule has 4 nitrogen and oxygen atoms in total. The average molecular weight is 1000 g/mol. The summed E-state index contributed by atoms with van der Waals surface area (Å²) >= 11 is 0. The Morgan fingerprint density at radius 3 is 0.917 bits per heavy atom. The highest BCUT2D eigenvalue weighted by atomic mass is 16.3. The number of aliphatic hydroxyl groups is 2. The molecule has 0 aliphatic heterocycles. The molecular formula is C68H123NO3. The van der Waals surface area contributed by atoms with E-state index in [4.69, 9.17) is 0 Å². The maximum atomic E-state index is 12.5. The molecule has 0 heterocycles. The third kappa shape index (κ3) is 58.5. The lowest BCUT2D eigenvalue weighted by molar-refractivity contribution is -0.123. The van der Waals surface area contributed by atoms with E-state index in [0.29, 0.717) is 6.42 Å². The van der Waals surface area contributed by atoms with E-state index in [9.17, 15) is 15.0 Å². The summed E-state index contributed by atoms with van der Waals surface area (Å²) in [4.78, 5) is 12.5. The molecule has 0 bridgehead atoms. The first-order valence-corrected chi connectivity index (χ1v) is 31.8. The van der Waals surface area contributed by atoms with Crippen molar-refractivity contribution in [1.82, 2.24) is 5.32 Å². The predicted octanol–water partition coefficient (Wildman–Crippen LogP) is 21.5. The van der Waals surface area contributed by atoms with Crippen LogP contribution in [0.15, 0.2) is 85.1 Å². The Kier molecular flexibility index (Phi) is 60.7. The van der Waals surface area contributed by atoms with Crippen molar-refractivity contribution in [3.63, 3.8) is 0 Å². The number of hydrogen-bond acceptors (Lipinski definition) is 3. The first-order chi connectivity index (χ1) is 35.7. The summed E-state index contributed by atoms with van der Waals surface area (Å²) in [6.07, 6.45) is 92.0. The van der Waals surface area contributed by atoms with Crippen molar-refractivity contribution in [2.75, 3.05) is 6.61 Å². The quantitative estimate of drug-likeness (QED) is 0.0420. The van der Waals surface area contributed by atoms with Crippen LogP contribution in [0, 0.1) is 0 Å². The maximum absolute atomic E-state index is 12.5. The normalized spacial score (nSPS) is 13.3. The maximum Gasteiger partial charge on any atom is 0.220 e. The molecule has 0 fully saturated rings. The van der Waals surface area contributed by atoms with Gasteiger partial charge in [-0.25, -0.2) is 0 Å².